The van der Waals surface area contributed by atoms with Crippen LogP contribution in [-0.2, 0) is 6.54 Å². The van der Waals surface area contributed by atoms with Crippen molar-refractivity contribution < 1.29 is 4.58 Å². The van der Waals surface area contributed by atoms with Crippen LogP contribution in [0.4, 0.5) is 0 Å². The highest BCUT2D eigenvalue weighted by Crippen LogP contribution is 2.19. The fourth-order valence-electron chi connectivity index (χ4n) is 2.66. The Labute approximate surface area is 90.8 Å². The Hall–Kier alpha value is -1.31. The highest BCUT2D eigenvalue weighted by Gasteiger charge is 2.35. The summed E-state index contributed by atoms with van der Waals surface area (Å²) in [7, 11) is 0. The Balaban J connectivity index is 1.70. The van der Waals surface area contributed by atoms with Crippen molar-refractivity contribution in [2.75, 3.05) is 13.1 Å². The molecule has 15 heavy (non-hydrogen) atoms. The molecular weight excluding hydrogens is 184 g/mol. The number of rotatable bonds is 2. The monoisotopic (exact) mass is 201 g/mol. The van der Waals surface area contributed by atoms with Gasteiger partial charge in [0, 0.05) is 0 Å². The van der Waals surface area contributed by atoms with Crippen LogP contribution in [0.15, 0.2) is 30.3 Å². The Morgan fingerprint density at radius 1 is 1.27 bits per heavy atom. The van der Waals surface area contributed by atoms with Gasteiger partial charge in [-0.2, -0.15) is 0 Å². The van der Waals surface area contributed by atoms with Gasteiger partial charge in [-0.25, -0.2) is 0 Å². The van der Waals surface area contributed by atoms with E-state index in [4.69, 9.17) is 0 Å². The first-order valence-corrected chi connectivity index (χ1v) is 5.80. The molecule has 1 atom stereocenters. The summed E-state index contributed by atoms with van der Waals surface area (Å²) in [5, 5.41) is 0. The summed E-state index contributed by atoms with van der Waals surface area (Å²) in [6, 6.07) is 11.5. The van der Waals surface area contributed by atoms with Crippen LogP contribution in [0, 0.1) is 0 Å². The van der Waals surface area contributed by atoms with E-state index in [0.717, 1.165) is 12.6 Å². The SMILES string of the molecule is C1=[N+](Cc2ccccc2)C[C@@H]2CCCN12. The minimum Gasteiger partial charge on any atom is -0.262 e. The van der Waals surface area contributed by atoms with Crippen molar-refractivity contribution in [3.63, 3.8) is 0 Å². The average Bonchev–Trinajstić information content (AvgIpc) is 2.79. The van der Waals surface area contributed by atoms with Crippen molar-refractivity contribution in [1.82, 2.24) is 4.90 Å². The van der Waals surface area contributed by atoms with E-state index >= 15 is 0 Å². The number of fused-ring (bicyclic) bond motifs is 1. The Kier molecular flexibility index (Phi) is 2.20. The summed E-state index contributed by atoms with van der Waals surface area (Å²) in [6.45, 7) is 3.54. The molecule has 2 heterocycles. The molecule has 1 aromatic rings. The highest BCUT2D eigenvalue weighted by atomic mass is 15.3. The van der Waals surface area contributed by atoms with E-state index in [1.165, 1.54) is 31.5 Å². The Morgan fingerprint density at radius 3 is 2.93 bits per heavy atom. The second-order valence-corrected chi connectivity index (χ2v) is 4.56. The molecule has 0 unspecified atom stereocenters. The van der Waals surface area contributed by atoms with E-state index in [1.807, 2.05) is 0 Å². The maximum absolute atomic E-state index is 2.50. The van der Waals surface area contributed by atoms with Crippen molar-refractivity contribution in [3.8, 4) is 0 Å². The van der Waals surface area contributed by atoms with Crippen LogP contribution in [-0.4, -0.2) is 34.9 Å². The lowest BCUT2D eigenvalue weighted by Crippen LogP contribution is -2.24. The van der Waals surface area contributed by atoms with Gasteiger partial charge in [0.15, 0.2) is 0 Å². The second-order valence-electron chi connectivity index (χ2n) is 4.56. The van der Waals surface area contributed by atoms with Crippen LogP contribution in [0.5, 0.6) is 0 Å². The molecule has 0 aromatic heterocycles. The largest absolute Gasteiger partial charge is 0.262 e. The van der Waals surface area contributed by atoms with Gasteiger partial charge in [-0.15, -0.1) is 0 Å². The normalized spacial score (nSPS) is 24.1. The standard InChI is InChI=1S/C13H17N2/c1-2-5-12(6-3-1)9-14-10-13-7-4-8-15(13)11-14/h1-3,5-6,11,13H,4,7-10H2/q+1/t13-/m0/s1. The van der Waals surface area contributed by atoms with Crippen molar-refractivity contribution in [2.45, 2.75) is 25.4 Å². The molecular formula is C13H17N2+. The Bertz CT molecular complexity index is 369. The minimum atomic E-state index is 0.800. The molecule has 0 N–H and O–H groups in total. The summed E-state index contributed by atoms with van der Waals surface area (Å²) >= 11 is 0. The first-order valence-electron chi connectivity index (χ1n) is 5.80. The third-order valence-corrected chi connectivity index (χ3v) is 3.41. The van der Waals surface area contributed by atoms with Crippen LogP contribution in [0.2, 0.25) is 0 Å². The second kappa shape index (κ2) is 3.69. The van der Waals surface area contributed by atoms with Gasteiger partial charge in [-0.05, 0) is 18.4 Å². The van der Waals surface area contributed by atoms with Gasteiger partial charge in [-0.1, -0.05) is 30.3 Å². The van der Waals surface area contributed by atoms with Crippen molar-refractivity contribution in [3.05, 3.63) is 35.9 Å². The molecule has 2 nitrogen and oxygen atoms in total. The zero-order valence-corrected chi connectivity index (χ0v) is 8.97. The molecule has 3 rings (SSSR count). The third-order valence-electron chi connectivity index (χ3n) is 3.41. The molecule has 1 fully saturated rings. The Morgan fingerprint density at radius 2 is 2.13 bits per heavy atom. The summed E-state index contributed by atoms with van der Waals surface area (Å²) in [5.41, 5.74) is 1.41. The van der Waals surface area contributed by atoms with Crippen LogP contribution < -0.4 is 0 Å². The van der Waals surface area contributed by atoms with Gasteiger partial charge < -0.3 is 0 Å². The molecule has 1 aromatic carbocycles. The van der Waals surface area contributed by atoms with Crippen LogP contribution in [0.1, 0.15) is 18.4 Å². The minimum absolute atomic E-state index is 0.800. The molecule has 0 radical (unpaired) electrons. The molecule has 0 saturated carbocycles. The molecule has 2 aliphatic rings. The smallest absolute Gasteiger partial charge is 0.234 e. The predicted octanol–water partition coefficient (Wildman–Crippen LogP) is 1.71. The molecule has 0 bridgehead atoms. The van der Waals surface area contributed by atoms with E-state index in [2.05, 4.69) is 46.1 Å². The molecule has 0 spiro atoms. The number of benzene rings is 1. The molecule has 1 saturated heterocycles. The van der Waals surface area contributed by atoms with Crippen LogP contribution >= 0.6 is 0 Å². The zero-order chi connectivity index (χ0) is 10.1. The lowest BCUT2D eigenvalue weighted by Gasteiger charge is -2.04. The first-order chi connectivity index (χ1) is 7.42. The highest BCUT2D eigenvalue weighted by molar-refractivity contribution is 5.52. The molecule has 2 aliphatic heterocycles. The number of hydrogen-bond donors (Lipinski definition) is 0. The lowest BCUT2D eigenvalue weighted by atomic mass is 10.2. The quantitative estimate of drug-likeness (QED) is 0.660. The van der Waals surface area contributed by atoms with E-state index in [-0.39, 0.29) is 0 Å². The van der Waals surface area contributed by atoms with Crippen molar-refractivity contribution >= 4 is 6.34 Å². The summed E-state index contributed by atoms with van der Waals surface area (Å²) in [4.78, 5) is 2.50. The van der Waals surface area contributed by atoms with Gasteiger partial charge in [0.1, 0.15) is 19.1 Å². The van der Waals surface area contributed by atoms with Gasteiger partial charge in [0.2, 0.25) is 6.34 Å². The number of nitrogens with zero attached hydrogens (tertiary/aromatic N) is 2. The fourth-order valence-corrected chi connectivity index (χ4v) is 2.66. The average molecular weight is 201 g/mol. The lowest BCUT2D eigenvalue weighted by molar-refractivity contribution is -0.533. The van der Waals surface area contributed by atoms with Crippen molar-refractivity contribution in [1.29, 1.82) is 0 Å². The van der Waals surface area contributed by atoms with Crippen molar-refractivity contribution in [2.24, 2.45) is 0 Å². The van der Waals surface area contributed by atoms with Gasteiger partial charge in [0.05, 0.1) is 6.54 Å². The zero-order valence-electron chi connectivity index (χ0n) is 8.97. The predicted molar refractivity (Wildman–Crippen MR) is 61.1 cm³/mol. The summed E-state index contributed by atoms with van der Waals surface area (Å²) < 4.78 is 2.44. The van der Waals surface area contributed by atoms with Crippen LogP contribution in [0.25, 0.3) is 0 Å². The summed E-state index contributed by atoms with van der Waals surface area (Å²) in [5.74, 6) is 0. The van der Waals surface area contributed by atoms with E-state index in [9.17, 15) is 0 Å². The third kappa shape index (κ3) is 1.76. The van der Waals surface area contributed by atoms with Gasteiger partial charge in [-0.3, -0.25) is 9.48 Å². The molecule has 0 aliphatic carbocycles. The molecule has 78 valence electrons. The van der Waals surface area contributed by atoms with E-state index < -0.39 is 0 Å². The maximum atomic E-state index is 2.50. The summed E-state index contributed by atoms with van der Waals surface area (Å²) in [6.07, 6.45) is 5.08. The van der Waals surface area contributed by atoms with Gasteiger partial charge in [0.25, 0.3) is 0 Å². The fraction of sp³-hybridized carbons (Fsp3) is 0.462. The van der Waals surface area contributed by atoms with Crippen LogP contribution in [0.3, 0.4) is 0 Å². The van der Waals surface area contributed by atoms with E-state index in [1.54, 1.807) is 0 Å². The number of hydrogen-bond acceptors (Lipinski definition) is 1. The van der Waals surface area contributed by atoms with Gasteiger partial charge >= 0.3 is 0 Å². The first kappa shape index (κ1) is 8.96. The van der Waals surface area contributed by atoms with E-state index in [0.29, 0.717) is 0 Å². The molecule has 2 heteroatoms. The maximum Gasteiger partial charge on any atom is 0.234 e. The topological polar surface area (TPSA) is 6.25 Å². The molecule has 0 amide bonds.